The van der Waals surface area contributed by atoms with Crippen molar-refractivity contribution in [3.8, 4) is 17.6 Å². The number of carbonyl (C=O) groups excluding carboxylic acids is 1. The molecule has 1 heterocycles. The highest BCUT2D eigenvalue weighted by atomic mass is 16.5. The lowest BCUT2D eigenvalue weighted by Crippen LogP contribution is -2.27. The third kappa shape index (κ3) is 11.0. The average molecular weight is 538 g/mol. The van der Waals surface area contributed by atoms with E-state index >= 15 is 0 Å². The molecule has 0 aliphatic heterocycles. The van der Waals surface area contributed by atoms with Crippen LogP contribution < -0.4 is 9.47 Å². The van der Waals surface area contributed by atoms with Gasteiger partial charge in [0.25, 0.3) is 5.91 Å². The lowest BCUT2D eigenvalue weighted by atomic mass is 10.1. The van der Waals surface area contributed by atoms with E-state index in [1.807, 2.05) is 69.2 Å². The van der Waals surface area contributed by atoms with Crippen LogP contribution in [0.3, 0.4) is 0 Å². The zero-order valence-electron chi connectivity index (χ0n) is 24.6. The number of aliphatic hydroxyl groups is 1. The fourth-order valence-electron chi connectivity index (χ4n) is 3.65. The normalized spacial score (nSPS) is 10.7. The van der Waals surface area contributed by atoms with Gasteiger partial charge >= 0.3 is 6.01 Å². The van der Waals surface area contributed by atoms with Crippen LogP contribution in [0.15, 0.2) is 48.7 Å². The monoisotopic (exact) mass is 537 g/mol. The van der Waals surface area contributed by atoms with Gasteiger partial charge in [-0.05, 0) is 66.2 Å². The van der Waals surface area contributed by atoms with E-state index in [0.717, 1.165) is 35.3 Å². The molecule has 1 aromatic heterocycles. The molecule has 0 atom stereocenters. The van der Waals surface area contributed by atoms with Crippen LogP contribution >= 0.6 is 0 Å². The quantitative estimate of drug-likeness (QED) is 0.393. The topological polar surface area (TPSA) is 91.3 Å². The molecular formula is C30H43N5O4. The number of rotatable bonds is 11. The van der Waals surface area contributed by atoms with Gasteiger partial charge in [-0.1, -0.05) is 47.5 Å². The Morgan fingerprint density at radius 3 is 2.13 bits per heavy atom. The molecule has 212 valence electrons. The molecule has 9 nitrogen and oxygen atoms in total. The zero-order valence-corrected chi connectivity index (χ0v) is 24.6. The summed E-state index contributed by atoms with van der Waals surface area (Å²) >= 11 is 0. The third-order valence-electron chi connectivity index (χ3n) is 5.63. The molecule has 9 heteroatoms. The molecule has 0 spiro atoms. The number of aryl methyl sites for hydroxylation is 3. The van der Waals surface area contributed by atoms with Crippen molar-refractivity contribution in [3.05, 3.63) is 76.5 Å². The van der Waals surface area contributed by atoms with Crippen molar-refractivity contribution in [1.29, 1.82) is 0 Å². The molecule has 1 amide bonds. The van der Waals surface area contributed by atoms with Gasteiger partial charge in [0.2, 0.25) is 5.88 Å². The SMILES string of the molecule is CN(C)CCO.Cc1cc(C)cc(CN(C)C(=O)c2cnc(OCCN(C)C)nc2Oc2ccccc2C)c1. The number of likely N-dealkylation sites (N-methyl/N-ethyl adjacent to an activating group) is 2. The summed E-state index contributed by atoms with van der Waals surface area (Å²) in [4.78, 5) is 27.6. The summed E-state index contributed by atoms with van der Waals surface area (Å²) in [5.41, 5.74) is 4.61. The van der Waals surface area contributed by atoms with E-state index in [4.69, 9.17) is 14.6 Å². The van der Waals surface area contributed by atoms with Crippen LogP contribution in [-0.2, 0) is 6.54 Å². The number of aromatic nitrogens is 2. The second-order valence-electron chi connectivity index (χ2n) is 10.1. The van der Waals surface area contributed by atoms with Gasteiger partial charge in [-0.2, -0.15) is 4.98 Å². The summed E-state index contributed by atoms with van der Waals surface area (Å²) in [6.07, 6.45) is 1.48. The van der Waals surface area contributed by atoms with Gasteiger partial charge in [0.05, 0.1) is 12.8 Å². The summed E-state index contributed by atoms with van der Waals surface area (Å²) < 4.78 is 11.8. The van der Waals surface area contributed by atoms with Gasteiger partial charge in [-0.15, -0.1) is 0 Å². The standard InChI is InChI=1S/C26H32N4O3.C4H11NO/c1-18-13-19(2)15-21(14-18)17-30(6)25(31)22-16-27-26(32-12-11-29(4)5)28-24(22)33-23-10-8-7-9-20(23)3;1-5(2)3-4-6/h7-10,13-16H,11-12,17H2,1-6H3;6H,3-4H2,1-2H3. The highest BCUT2D eigenvalue weighted by molar-refractivity contribution is 5.96. The fraction of sp³-hybridized carbons (Fsp3) is 0.433. The van der Waals surface area contributed by atoms with Gasteiger partial charge < -0.3 is 29.3 Å². The first-order valence-corrected chi connectivity index (χ1v) is 13.0. The van der Waals surface area contributed by atoms with Crippen LogP contribution in [0.4, 0.5) is 0 Å². The van der Waals surface area contributed by atoms with Crippen molar-refractivity contribution in [2.75, 3.05) is 61.5 Å². The van der Waals surface area contributed by atoms with Crippen LogP contribution in [0.1, 0.15) is 32.6 Å². The van der Waals surface area contributed by atoms with E-state index in [-0.39, 0.29) is 30.0 Å². The van der Waals surface area contributed by atoms with Crippen LogP contribution in [-0.4, -0.2) is 97.2 Å². The number of ether oxygens (including phenoxy) is 2. The summed E-state index contributed by atoms with van der Waals surface area (Å²) in [5, 5.41) is 8.20. The molecule has 0 aliphatic rings. The van der Waals surface area contributed by atoms with Gasteiger partial charge in [0.1, 0.15) is 17.9 Å². The van der Waals surface area contributed by atoms with Crippen LogP contribution in [0.5, 0.6) is 17.6 Å². The van der Waals surface area contributed by atoms with Gasteiger partial charge in [0, 0.05) is 26.7 Å². The number of nitrogens with zero attached hydrogens (tertiary/aromatic N) is 5. The predicted octanol–water partition coefficient (Wildman–Crippen LogP) is 3.95. The first-order chi connectivity index (χ1) is 18.5. The van der Waals surface area contributed by atoms with E-state index < -0.39 is 0 Å². The first-order valence-electron chi connectivity index (χ1n) is 13.0. The van der Waals surface area contributed by atoms with Crippen LogP contribution in [0.2, 0.25) is 0 Å². The molecule has 3 aromatic rings. The van der Waals surface area contributed by atoms with E-state index in [2.05, 4.69) is 42.0 Å². The van der Waals surface area contributed by atoms with E-state index in [0.29, 0.717) is 18.9 Å². The number of aliphatic hydroxyl groups excluding tert-OH is 1. The zero-order chi connectivity index (χ0) is 28.9. The largest absolute Gasteiger partial charge is 0.462 e. The number of carbonyl (C=O) groups is 1. The highest BCUT2D eigenvalue weighted by Crippen LogP contribution is 2.28. The van der Waals surface area contributed by atoms with Crippen LogP contribution in [0.25, 0.3) is 0 Å². The third-order valence-corrected chi connectivity index (χ3v) is 5.63. The molecule has 0 saturated heterocycles. The number of benzene rings is 2. The van der Waals surface area contributed by atoms with E-state index in [1.165, 1.54) is 6.20 Å². The molecule has 2 aromatic carbocycles. The van der Waals surface area contributed by atoms with Crippen molar-refractivity contribution < 1.29 is 19.4 Å². The Bertz CT molecular complexity index is 1180. The average Bonchev–Trinajstić information content (AvgIpc) is 2.84. The van der Waals surface area contributed by atoms with Gasteiger partial charge in [0.15, 0.2) is 0 Å². The van der Waals surface area contributed by atoms with E-state index in [9.17, 15) is 4.79 Å². The number of hydrogen-bond acceptors (Lipinski definition) is 8. The molecule has 0 bridgehead atoms. The molecule has 39 heavy (non-hydrogen) atoms. The molecule has 0 aliphatic carbocycles. The van der Waals surface area contributed by atoms with Gasteiger partial charge in [-0.25, -0.2) is 4.98 Å². The molecule has 0 radical (unpaired) electrons. The molecule has 0 saturated carbocycles. The van der Waals surface area contributed by atoms with Crippen molar-refractivity contribution in [2.45, 2.75) is 27.3 Å². The molecule has 0 unspecified atom stereocenters. The minimum atomic E-state index is -0.224. The second-order valence-corrected chi connectivity index (χ2v) is 10.1. The van der Waals surface area contributed by atoms with Crippen LogP contribution in [0, 0.1) is 20.8 Å². The van der Waals surface area contributed by atoms with E-state index in [1.54, 1.807) is 11.9 Å². The van der Waals surface area contributed by atoms with Crippen molar-refractivity contribution in [3.63, 3.8) is 0 Å². The number of para-hydroxylation sites is 1. The minimum absolute atomic E-state index is 0.175. The Kier molecular flexibility index (Phi) is 12.8. The Hall–Kier alpha value is -3.53. The maximum absolute atomic E-state index is 13.3. The predicted molar refractivity (Wildman–Crippen MR) is 155 cm³/mol. The lowest BCUT2D eigenvalue weighted by Gasteiger charge is -2.20. The smallest absolute Gasteiger partial charge is 0.319 e. The molecule has 3 rings (SSSR count). The van der Waals surface area contributed by atoms with Crippen molar-refractivity contribution >= 4 is 5.91 Å². The summed E-state index contributed by atoms with van der Waals surface area (Å²) in [5.74, 6) is 0.579. The maximum atomic E-state index is 13.3. The van der Waals surface area contributed by atoms with Crippen molar-refractivity contribution in [2.24, 2.45) is 0 Å². The molecular weight excluding hydrogens is 494 g/mol. The Morgan fingerprint density at radius 2 is 1.56 bits per heavy atom. The molecule has 0 fully saturated rings. The summed E-state index contributed by atoms with van der Waals surface area (Å²) in [7, 11) is 9.54. The lowest BCUT2D eigenvalue weighted by molar-refractivity contribution is 0.0780. The number of amides is 1. The Balaban J connectivity index is 0.000000798. The van der Waals surface area contributed by atoms with Gasteiger partial charge in [-0.3, -0.25) is 4.79 Å². The maximum Gasteiger partial charge on any atom is 0.319 e. The Labute approximate surface area is 233 Å². The fourth-order valence-corrected chi connectivity index (χ4v) is 3.65. The number of hydrogen-bond donors (Lipinski definition) is 1. The summed E-state index contributed by atoms with van der Waals surface area (Å²) in [6, 6.07) is 14.1. The van der Waals surface area contributed by atoms with Crippen molar-refractivity contribution in [1.82, 2.24) is 24.7 Å². The second kappa shape index (κ2) is 15.8. The highest BCUT2D eigenvalue weighted by Gasteiger charge is 2.22. The Morgan fingerprint density at radius 1 is 0.923 bits per heavy atom. The summed E-state index contributed by atoms with van der Waals surface area (Å²) in [6.45, 7) is 8.68. The first kappa shape index (κ1) is 31.7. The molecule has 1 N–H and O–H groups in total. The minimum Gasteiger partial charge on any atom is -0.462 e.